The van der Waals surface area contributed by atoms with Crippen LogP contribution in [-0.4, -0.2) is 10.2 Å². The summed E-state index contributed by atoms with van der Waals surface area (Å²) in [6.45, 7) is 7.85. The van der Waals surface area contributed by atoms with Crippen LogP contribution < -0.4 is 0 Å². The van der Waals surface area contributed by atoms with Gasteiger partial charge >= 0.3 is 0 Å². The minimum Gasteiger partial charge on any atom is -0.507 e. The van der Waals surface area contributed by atoms with E-state index in [-0.39, 0.29) is 0 Å². The quantitative estimate of drug-likeness (QED) is 0.852. The average molecular weight is 270 g/mol. The first-order chi connectivity index (χ1) is 9.43. The van der Waals surface area contributed by atoms with Crippen LogP contribution in [0.25, 0.3) is 11.1 Å². The SMILES string of the molecule is CCCc1cc(-c2cc(C)c(O)c(C)c2)cc(C)c1O. The number of benzene rings is 2. The highest BCUT2D eigenvalue weighted by Gasteiger charge is 2.10. The van der Waals surface area contributed by atoms with Gasteiger partial charge in [-0.2, -0.15) is 0 Å². The van der Waals surface area contributed by atoms with Crippen molar-refractivity contribution in [3.8, 4) is 22.6 Å². The van der Waals surface area contributed by atoms with E-state index in [1.165, 1.54) is 0 Å². The molecule has 0 aliphatic heterocycles. The smallest absolute Gasteiger partial charge is 0.121 e. The minimum absolute atomic E-state index is 0.359. The maximum atomic E-state index is 10.1. The lowest BCUT2D eigenvalue weighted by Crippen LogP contribution is -1.91. The standard InChI is InChI=1S/C18H22O2/c1-5-6-14-10-16(9-13(4)18(14)20)15-7-11(2)17(19)12(3)8-15/h7-10,19-20H,5-6H2,1-4H3. The summed E-state index contributed by atoms with van der Waals surface area (Å²) in [5.41, 5.74) is 5.82. The molecule has 2 rings (SSSR count). The number of hydrogen-bond donors (Lipinski definition) is 2. The van der Waals surface area contributed by atoms with Crippen LogP contribution in [-0.2, 0) is 6.42 Å². The highest BCUT2D eigenvalue weighted by Crippen LogP contribution is 2.33. The van der Waals surface area contributed by atoms with Crippen molar-refractivity contribution in [3.05, 3.63) is 46.5 Å². The van der Waals surface area contributed by atoms with Gasteiger partial charge in [0.25, 0.3) is 0 Å². The maximum absolute atomic E-state index is 10.1. The van der Waals surface area contributed by atoms with E-state index in [2.05, 4.69) is 13.0 Å². The van der Waals surface area contributed by atoms with Crippen LogP contribution in [0.4, 0.5) is 0 Å². The molecule has 0 atom stereocenters. The Morgan fingerprint density at radius 2 is 1.20 bits per heavy atom. The molecule has 106 valence electrons. The Morgan fingerprint density at radius 3 is 1.70 bits per heavy atom. The van der Waals surface area contributed by atoms with Gasteiger partial charge in [0.2, 0.25) is 0 Å². The zero-order valence-electron chi connectivity index (χ0n) is 12.6. The van der Waals surface area contributed by atoms with Crippen molar-refractivity contribution < 1.29 is 10.2 Å². The Bertz CT molecular complexity index is 619. The summed E-state index contributed by atoms with van der Waals surface area (Å²) >= 11 is 0. The number of aryl methyl sites for hydroxylation is 4. The lowest BCUT2D eigenvalue weighted by atomic mass is 9.95. The molecule has 0 fully saturated rings. The molecule has 2 heteroatoms. The van der Waals surface area contributed by atoms with Gasteiger partial charge < -0.3 is 10.2 Å². The molecule has 0 aliphatic carbocycles. The van der Waals surface area contributed by atoms with E-state index < -0.39 is 0 Å². The zero-order valence-corrected chi connectivity index (χ0v) is 12.6. The number of hydrogen-bond acceptors (Lipinski definition) is 2. The third kappa shape index (κ3) is 2.64. The van der Waals surface area contributed by atoms with Crippen LogP contribution in [0, 0.1) is 20.8 Å². The van der Waals surface area contributed by atoms with Gasteiger partial charge in [-0.1, -0.05) is 13.3 Å². The first-order valence-corrected chi connectivity index (χ1v) is 7.07. The van der Waals surface area contributed by atoms with E-state index in [0.29, 0.717) is 11.5 Å². The Kier molecular flexibility index (Phi) is 4.03. The van der Waals surface area contributed by atoms with Crippen molar-refractivity contribution in [2.75, 3.05) is 0 Å². The minimum atomic E-state index is 0.359. The maximum Gasteiger partial charge on any atom is 0.121 e. The van der Waals surface area contributed by atoms with Gasteiger partial charge in [0.05, 0.1) is 0 Å². The Morgan fingerprint density at radius 1 is 0.750 bits per heavy atom. The van der Waals surface area contributed by atoms with Crippen LogP contribution in [0.5, 0.6) is 11.5 Å². The van der Waals surface area contributed by atoms with Gasteiger partial charge in [0.1, 0.15) is 11.5 Å². The normalized spacial score (nSPS) is 10.8. The molecule has 0 saturated heterocycles. The van der Waals surface area contributed by atoms with E-state index in [9.17, 15) is 10.2 Å². The van der Waals surface area contributed by atoms with Gasteiger partial charge in [-0.05, 0) is 84.8 Å². The molecule has 0 spiro atoms. The molecule has 0 radical (unpaired) electrons. The molecule has 2 nitrogen and oxygen atoms in total. The lowest BCUT2D eigenvalue weighted by molar-refractivity contribution is 0.463. The summed E-state index contributed by atoms with van der Waals surface area (Å²) in [5, 5.41) is 20.0. The monoisotopic (exact) mass is 270 g/mol. The van der Waals surface area contributed by atoms with Gasteiger partial charge in [-0.3, -0.25) is 0 Å². The first kappa shape index (κ1) is 14.4. The van der Waals surface area contributed by atoms with Gasteiger partial charge in [-0.15, -0.1) is 0 Å². The van der Waals surface area contributed by atoms with E-state index >= 15 is 0 Å². The number of phenolic OH excluding ortho intramolecular Hbond substituents is 2. The summed E-state index contributed by atoms with van der Waals surface area (Å²) in [6.07, 6.45) is 1.88. The van der Waals surface area contributed by atoms with Gasteiger partial charge in [-0.25, -0.2) is 0 Å². The number of phenols is 2. The first-order valence-electron chi connectivity index (χ1n) is 7.07. The fourth-order valence-electron chi connectivity index (χ4n) is 2.60. The summed E-state index contributed by atoms with van der Waals surface area (Å²) in [6, 6.07) is 8.03. The molecule has 2 aromatic rings. The largest absolute Gasteiger partial charge is 0.507 e. The summed E-state index contributed by atoms with van der Waals surface area (Å²) in [5.74, 6) is 0.765. The highest BCUT2D eigenvalue weighted by molar-refractivity contribution is 5.70. The lowest BCUT2D eigenvalue weighted by Gasteiger charge is -2.13. The van der Waals surface area contributed by atoms with E-state index in [4.69, 9.17) is 0 Å². The van der Waals surface area contributed by atoms with Crippen molar-refractivity contribution in [2.45, 2.75) is 40.5 Å². The van der Waals surface area contributed by atoms with Gasteiger partial charge in [0.15, 0.2) is 0 Å². The zero-order chi connectivity index (χ0) is 14.9. The second-order valence-corrected chi connectivity index (χ2v) is 5.51. The molecule has 0 aliphatic rings. The number of aromatic hydroxyl groups is 2. The molecule has 0 heterocycles. The van der Waals surface area contributed by atoms with Crippen molar-refractivity contribution >= 4 is 0 Å². The van der Waals surface area contributed by atoms with Crippen molar-refractivity contribution in [3.63, 3.8) is 0 Å². The molecular formula is C18H22O2. The second kappa shape index (κ2) is 5.58. The summed E-state index contributed by atoms with van der Waals surface area (Å²) in [7, 11) is 0. The Labute approximate surface area is 120 Å². The predicted octanol–water partition coefficient (Wildman–Crippen LogP) is 4.64. The van der Waals surface area contributed by atoms with E-state index in [1.54, 1.807) is 0 Å². The highest BCUT2D eigenvalue weighted by atomic mass is 16.3. The van der Waals surface area contributed by atoms with Crippen molar-refractivity contribution in [1.29, 1.82) is 0 Å². The van der Waals surface area contributed by atoms with E-state index in [0.717, 1.165) is 46.2 Å². The molecule has 0 bridgehead atoms. The van der Waals surface area contributed by atoms with E-state index in [1.807, 2.05) is 39.0 Å². The Balaban J connectivity index is 2.58. The average Bonchev–Trinajstić information content (AvgIpc) is 2.40. The summed E-state index contributed by atoms with van der Waals surface area (Å²) < 4.78 is 0. The second-order valence-electron chi connectivity index (χ2n) is 5.51. The third-order valence-electron chi connectivity index (χ3n) is 3.72. The van der Waals surface area contributed by atoms with Crippen molar-refractivity contribution in [1.82, 2.24) is 0 Å². The molecular weight excluding hydrogens is 248 g/mol. The van der Waals surface area contributed by atoms with Crippen LogP contribution in [0.1, 0.15) is 35.6 Å². The Hall–Kier alpha value is -1.96. The van der Waals surface area contributed by atoms with Crippen LogP contribution in [0.15, 0.2) is 24.3 Å². The molecule has 0 aromatic heterocycles. The molecule has 2 aromatic carbocycles. The predicted molar refractivity (Wildman–Crippen MR) is 83.4 cm³/mol. The molecule has 2 N–H and O–H groups in total. The molecule has 0 amide bonds. The van der Waals surface area contributed by atoms with Crippen LogP contribution >= 0.6 is 0 Å². The fourth-order valence-corrected chi connectivity index (χ4v) is 2.60. The summed E-state index contributed by atoms with van der Waals surface area (Å²) in [4.78, 5) is 0. The molecule has 0 unspecified atom stereocenters. The third-order valence-corrected chi connectivity index (χ3v) is 3.72. The molecule has 0 saturated carbocycles. The van der Waals surface area contributed by atoms with Crippen LogP contribution in [0.3, 0.4) is 0 Å². The van der Waals surface area contributed by atoms with Crippen LogP contribution in [0.2, 0.25) is 0 Å². The molecule has 20 heavy (non-hydrogen) atoms. The van der Waals surface area contributed by atoms with Crippen molar-refractivity contribution in [2.24, 2.45) is 0 Å². The van der Waals surface area contributed by atoms with Gasteiger partial charge in [0, 0.05) is 0 Å². The fraction of sp³-hybridized carbons (Fsp3) is 0.333. The topological polar surface area (TPSA) is 40.5 Å². The number of rotatable bonds is 3.